The quantitative estimate of drug-likeness (QED) is 0.0890. The molecule has 4 aromatic rings. The van der Waals surface area contributed by atoms with Gasteiger partial charge in [0.1, 0.15) is 9.79 Å². The van der Waals surface area contributed by atoms with Gasteiger partial charge in [0.15, 0.2) is 0 Å². The van der Waals surface area contributed by atoms with Crippen molar-refractivity contribution in [1.82, 2.24) is 0 Å². The molecule has 4 rings (SSSR count). The third-order valence-electron chi connectivity index (χ3n) is 6.30. The number of carboxylic acid groups (broad SMARTS) is 1. The van der Waals surface area contributed by atoms with Crippen molar-refractivity contribution in [1.29, 1.82) is 0 Å². The molecule has 0 atom stereocenters. The second-order valence-corrected chi connectivity index (χ2v) is 15.3. The summed E-state index contributed by atoms with van der Waals surface area (Å²) in [5.41, 5.74) is 2.98. The molecule has 0 saturated carbocycles. The molecule has 2 amide bonds. The Bertz CT molecular complexity index is 2530. The molecule has 0 heterocycles. The van der Waals surface area contributed by atoms with Gasteiger partial charge in [-0.25, -0.2) is 4.79 Å². The first-order chi connectivity index (χ1) is 21.9. The number of hydrogen-bond donors (Lipinski definition) is 8. The fourth-order valence-electron chi connectivity index (χ4n) is 4.33. The van der Waals surface area contributed by atoms with E-state index in [1.165, 1.54) is 0 Å². The zero-order chi connectivity index (χ0) is 36.1. The van der Waals surface area contributed by atoms with Gasteiger partial charge in [0.25, 0.3) is 52.3 Å². The molecule has 0 aliphatic rings. The predicted octanol–water partition coefficient (Wildman–Crippen LogP) is 1.61. The summed E-state index contributed by atoms with van der Waals surface area (Å²) in [5, 5.41) is 11.7. The van der Waals surface area contributed by atoms with Gasteiger partial charge in [0, 0.05) is 33.3 Å². The number of nitrogens with two attached hydrogens (primary N) is 1. The summed E-state index contributed by atoms with van der Waals surface area (Å²) in [7, 11) is -21.1. The molecule has 0 aliphatic carbocycles. The van der Waals surface area contributed by atoms with Crippen LogP contribution in [0.3, 0.4) is 0 Å². The van der Waals surface area contributed by atoms with E-state index in [0.29, 0.717) is 30.3 Å². The van der Waals surface area contributed by atoms with Gasteiger partial charge in [0.05, 0.1) is 21.0 Å². The Hall–Kier alpha value is -5.01. The number of amides is 2. The smallest absolute Gasteiger partial charge is 0.335 e. The maximum absolute atomic E-state index is 13.4. The second-order valence-electron chi connectivity index (χ2n) is 9.66. The summed E-state index contributed by atoms with van der Waals surface area (Å²) < 4.78 is 135. The minimum atomic E-state index is -5.49. The Kier molecular flexibility index (Phi) is 9.12. The van der Waals surface area contributed by atoms with Gasteiger partial charge in [-0.15, -0.1) is 0 Å². The van der Waals surface area contributed by atoms with Crippen LogP contribution in [-0.4, -0.2) is 74.8 Å². The number of anilines is 3. The standard InChI is InChI=1S/C25H19N3O16S4/c26-14-4-11(3-13(5-14)25(31)32)23(29)27-15-6-12(7-16(8-15)45(33,34)35)24(30)28-19-1-2-20(47(39,40)41)18-9-17(46(36,37)38)10-21(22(18)19)48(42,43)44/h1-10H,26H2,(H,27,29)(H,28,30)(H,31,32)(H,33,34,35)(H,36,37,38)(H,39,40,41)(H,42,43,44). The van der Waals surface area contributed by atoms with Crippen molar-refractivity contribution < 1.29 is 71.4 Å². The lowest BCUT2D eigenvalue weighted by atomic mass is 10.1. The van der Waals surface area contributed by atoms with Crippen LogP contribution in [0.25, 0.3) is 10.8 Å². The van der Waals surface area contributed by atoms with Gasteiger partial charge >= 0.3 is 5.97 Å². The maximum atomic E-state index is 13.4. The van der Waals surface area contributed by atoms with E-state index in [4.69, 9.17) is 5.73 Å². The van der Waals surface area contributed by atoms with Crippen LogP contribution in [0.5, 0.6) is 0 Å². The number of fused-ring (bicyclic) bond motifs is 1. The summed E-state index contributed by atoms with van der Waals surface area (Å²) >= 11 is 0. The average molecular weight is 746 g/mol. The number of nitrogen functional groups attached to an aromatic ring is 1. The van der Waals surface area contributed by atoms with Gasteiger partial charge in [-0.1, -0.05) is 0 Å². The lowest BCUT2D eigenvalue weighted by molar-refractivity contribution is 0.0696. The number of hydrogen-bond acceptors (Lipinski definition) is 12. The Balaban J connectivity index is 1.89. The summed E-state index contributed by atoms with van der Waals surface area (Å²) in [5.74, 6) is -3.83. The summed E-state index contributed by atoms with van der Waals surface area (Å²) in [6.45, 7) is 0. The molecule has 9 N–H and O–H groups in total. The number of rotatable bonds is 9. The Labute approximate surface area is 270 Å². The molecule has 0 radical (unpaired) electrons. The SMILES string of the molecule is Nc1cc(C(=O)O)cc(C(=O)Nc2cc(C(=O)Nc3ccc(S(=O)(=O)O)c4cc(S(=O)(=O)O)cc(S(=O)(=O)O)c34)cc(S(=O)(=O)O)c2)c1. The number of carbonyl (C=O) groups excluding carboxylic acids is 2. The minimum Gasteiger partial charge on any atom is -0.478 e. The number of aromatic carboxylic acids is 1. The van der Waals surface area contributed by atoms with Gasteiger partial charge in [-0.2, -0.15) is 33.7 Å². The van der Waals surface area contributed by atoms with E-state index in [9.17, 15) is 71.4 Å². The Morgan fingerprint density at radius 2 is 1.08 bits per heavy atom. The van der Waals surface area contributed by atoms with Gasteiger partial charge in [0.2, 0.25) is 0 Å². The first-order valence-corrected chi connectivity index (χ1v) is 18.0. The van der Waals surface area contributed by atoms with Crippen molar-refractivity contribution in [2.75, 3.05) is 16.4 Å². The number of carbonyl (C=O) groups is 3. The molecule has 4 aromatic carbocycles. The average Bonchev–Trinajstić information content (AvgIpc) is 2.94. The third kappa shape index (κ3) is 7.75. The van der Waals surface area contributed by atoms with E-state index >= 15 is 0 Å². The minimum absolute atomic E-state index is 0.132. The van der Waals surface area contributed by atoms with Crippen LogP contribution in [-0.2, 0) is 40.5 Å². The molecular formula is C25H19N3O16S4. The largest absolute Gasteiger partial charge is 0.478 e. The maximum Gasteiger partial charge on any atom is 0.335 e. The first kappa shape index (κ1) is 35.8. The van der Waals surface area contributed by atoms with Crippen LogP contribution in [0.4, 0.5) is 17.1 Å². The molecule has 0 bridgehead atoms. The molecule has 0 saturated heterocycles. The van der Waals surface area contributed by atoms with Crippen molar-refractivity contribution in [2.24, 2.45) is 0 Å². The molecule has 0 aliphatic heterocycles. The molecule has 0 aromatic heterocycles. The number of benzene rings is 4. The second kappa shape index (κ2) is 12.2. The van der Waals surface area contributed by atoms with Crippen LogP contribution < -0.4 is 16.4 Å². The summed E-state index contributed by atoms with van der Waals surface area (Å²) in [4.78, 5) is 32.9. The van der Waals surface area contributed by atoms with Gasteiger partial charge in [-0.3, -0.25) is 27.8 Å². The monoisotopic (exact) mass is 745 g/mol. The highest BCUT2D eigenvalue weighted by Crippen LogP contribution is 2.37. The Morgan fingerprint density at radius 3 is 1.62 bits per heavy atom. The zero-order valence-electron chi connectivity index (χ0n) is 23.2. The van der Waals surface area contributed by atoms with Crippen LogP contribution >= 0.6 is 0 Å². The lowest BCUT2D eigenvalue weighted by Crippen LogP contribution is -2.17. The molecule has 0 spiro atoms. The van der Waals surface area contributed by atoms with Crippen LogP contribution in [0.1, 0.15) is 31.1 Å². The molecular weight excluding hydrogens is 727 g/mol. The number of carboxylic acids is 1. The Morgan fingerprint density at radius 1 is 0.562 bits per heavy atom. The fourth-order valence-corrected chi connectivity index (χ4v) is 6.92. The van der Waals surface area contributed by atoms with E-state index in [0.717, 1.165) is 24.3 Å². The molecule has 23 heteroatoms. The van der Waals surface area contributed by atoms with Crippen LogP contribution in [0.2, 0.25) is 0 Å². The molecule has 19 nitrogen and oxygen atoms in total. The van der Waals surface area contributed by atoms with E-state index in [2.05, 4.69) is 10.6 Å². The van der Waals surface area contributed by atoms with Crippen molar-refractivity contribution in [3.63, 3.8) is 0 Å². The van der Waals surface area contributed by atoms with Crippen LogP contribution in [0, 0.1) is 0 Å². The summed E-state index contributed by atoms with van der Waals surface area (Å²) in [6, 6.07) is 7.12. The molecule has 0 fully saturated rings. The third-order valence-corrected chi connectivity index (χ3v) is 9.76. The topological polar surface area (TPSA) is 339 Å². The van der Waals surface area contributed by atoms with Crippen LogP contribution in [0.15, 0.2) is 80.2 Å². The highest BCUT2D eigenvalue weighted by Gasteiger charge is 2.28. The fraction of sp³-hybridized carbons (Fsp3) is 0. The highest BCUT2D eigenvalue weighted by molar-refractivity contribution is 7.87. The van der Waals surface area contributed by atoms with Crippen molar-refractivity contribution >= 4 is 86.1 Å². The van der Waals surface area contributed by atoms with E-state index in [1.54, 1.807) is 0 Å². The van der Waals surface area contributed by atoms with Gasteiger partial charge < -0.3 is 21.5 Å². The predicted molar refractivity (Wildman–Crippen MR) is 163 cm³/mol. The van der Waals surface area contributed by atoms with Crippen molar-refractivity contribution in [3.8, 4) is 0 Å². The first-order valence-electron chi connectivity index (χ1n) is 12.3. The van der Waals surface area contributed by atoms with E-state index in [1.807, 2.05) is 0 Å². The molecule has 48 heavy (non-hydrogen) atoms. The lowest BCUT2D eigenvalue weighted by Gasteiger charge is -2.16. The summed E-state index contributed by atoms with van der Waals surface area (Å²) in [6.07, 6.45) is 0. The normalized spacial score (nSPS) is 12.4. The number of nitrogens with one attached hydrogen (secondary N) is 2. The zero-order valence-corrected chi connectivity index (χ0v) is 26.5. The van der Waals surface area contributed by atoms with Crippen molar-refractivity contribution in [3.05, 3.63) is 77.4 Å². The van der Waals surface area contributed by atoms with E-state index < -0.39 is 106 Å². The highest BCUT2D eigenvalue weighted by atomic mass is 32.2. The van der Waals surface area contributed by atoms with E-state index in [-0.39, 0.29) is 22.9 Å². The molecule has 0 unspecified atom stereocenters. The molecule has 254 valence electrons. The van der Waals surface area contributed by atoms with Gasteiger partial charge in [-0.05, 0) is 60.7 Å². The van der Waals surface area contributed by atoms with Crippen molar-refractivity contribution in [2.45, 2.75) is 19.6 Å².